The van der Waals surface area contributed by atoms with Crippen molar-refractivity contribution in [1.82, 2.24) is 4.90 Å². The molecule has 146 valence electrons. The summed E-state index contributed by atoms with van der Waals surface area (Å²) in [6.07, 6.45) is 0. The van der Waals surface area contributed by atoms with Gasteiger partial charge in [0.25, 0.3) is 0 Å². The summed E-state index contributed by atoms with van der Waals surface area (Å²) in [5.41, 5.74) is 1.69. The summed E-state index contributed by atoms with van der Waals surface area (Å²) in [4.78, 5) is 39.6. The monoisotopic (exact) mass is 401 g/mol. The minimum absolute atomic E-state index is 0.0530. The van der Waals surface area contributed by atoms with Crippen LogP contribution in [0.4, 0.5) is 16.2 Å². The normalized spacial score (nSPS) is 13.6. The van der Waals surface area contributed by atoms with Gasteiger partial charge in [0, 0.05) is 29.5 Å². The summed E-state index contributed by atoms with van der Waals surface area (Å²) in [6.45, 7) is 2.94. The second-order valence-corrected chi connectivity index (χ2v) is 6.61. The van der Waals surface area contributed by atoms with Crippen LogP contribution in [-0.4, -0.2) is 49.0 Å². The van der Waals surface area contributed by atoms with Crippen LogP contribution in [0.1, 0.15) is 17.3 Å². The van der Waals surface area contributed by atoms with Crippen molar-refractivity contribution >= 4 is 40.9 Å². The Balaban J connectivity index is 1.55. The molecule has 2 aromatic carbocycles. The zero-order chi connectivity index (χ0) is 20.1. The van der Waals surface area contributed by atoms with E-state index in [9.17, 15) is 14.4 Å². The predicted octanol–water partition coefficient (Wildman–Crippen LogP) is 3.40. The third-order valence-corrected chi connectivity index (χ3v) is 4.50. The lowest BCUT2D eigenvalue weighted by Crippen LogP contribution is -2.37. The summed E-state index contributed by atoms with van der Waals surface area (Å²) in [7, 11) is 0. The largest absolute Gasteiger partial charge is 0.462 e. The molecule has 1 aliphatic rings. The fourth-order valence-electron chi connectivity index (χ4n) is 2.87. The van der Waals surface area contributed by atoms with E-state index in [1.54, 1.807) is 60.4 Å². The van der Waals surface area contributed by atoms with Gasteiger partial charge in [-0.25, -0.2) is 9.59 Å². The van der Waals surface area contributed by atoms with Crippen LogP contribution in [0.5, 0.6) is 0 Å². The molecule has 1 fully saturated rings. The number of benzene rings is 2. The molecule has 0 atom stereocenters. The van der Waals surface area contributed by atoms with Crippen LogP contribution in [0.25, 0.3) is 0 Å². The van der Waals surface area contributed by atoms with Gasteiger partial charge >= 0.3 is 12.0 Å². The summed E-state index contributed by atoms with van der Waals surface area (Å²) in [5, 5.41) is 3.33. The Morgan fingerprint density at radius 2 is 1.75 bits per heavy atom. The maximum Gasteiger partial charge on any atom is 0.338 e. The van der Waals surface area contributed by atoms with Gasteiger partial charge in [-0.3, -0.25) is 9.69 Å². The van der Waals surface area contributed by atoms with E-state index in [0.29, 0.717) is 36.0 Å². The number of nitrogens with zero attached hydrogens (tertiary/aromatic N) is 2. The fraction of sp³-hybridized carbons (Fsp3) is 0.250. The lowest BCUT2D eigenvalue weighted by atomic mass is 10.2. The first-order valence-electron chi connectivity index (χ1n) is 8.87. The molecule has 0 aromatic heterocycles. The smallest absolute Gasteiger partial charge is 0.338 e. The molecule has 1 heterocycles. The number of hydrogen-bond donors (Lipinski definition) is 1. The fourth-order valence-corrected chi connectivity index (χ4v) is 2.99. The molecule has 8 heteroatoms. The van der Waals surface area contributed by atoms with E-state index in [1.807, 2.05) is 0 Å². The number of carbonyl (C=O) groups is 3. The minimum atomic E-state index is -0.412. The number of ether oxygens (including phenoxy) is 1. The van der Waals surface area contributed by atoms with Gasteiger partial charge in [-0.05, 0) is 55.5 Å². The average Bonchev–Trinajstić information content (AvgIpc) is 3.03. The minimum Gasteiger partial charge on any atom is -0.462 e. The molecule has 7 nitrogen and oxygen atoms in total. The van der Waals surface area contributed by atoms with Crippen molar-refractivity contribution in [2.45, 2.75) is 6.92 Å². The number of amides is 3. The zero-order valence-electron chi connectivity index (χ0n) is 15.4. The Labute approximate surface area is 167 Å². The molecule has 1 aliphatic heterocycles. The summed E-state index contributed by atoms with van der Waals surface area (Å²) in [5.74, 6) is -0.722. The lowest BCUT2D eigenvalue weighted by molar-refractivity contribution is -0.116. The average molecular weight is 402 g/mol. The Morgan fingerprint density at radius 3 is 2.39 bits per heavy atom. The van der Waals surface area contributed by atoms with E-state index >= 15 is 0 Å². The van der Waals surface area contributed by atoms with Gasteiger partial charge in [-0.2, -0.15) is 0 Å². The summed E-state index contributed by atoms with van der Waals surface area (Å²) >= 11 is 5.88. The molecule has 0 saturated carbocycles. The first-order valence-corrected chi connectivity index (χ1v) is 9.25. The molecular weight excluding hydrogens is 382 g/mol. The SMILES string of the molecule is CCOC(=O)c1ccc(NC(=O)CN2CCN(c3ccc(Cl)cc3)C2=O)cc1. The molecule has 28 heavy (non-hydrogen) atoms. The highest BCUT2D eigenvalue weighted by molar-refractivity contribution is 6.30. The van der Waals surface area contributed by atoms with Gasteiger partial charge < -0.3 is 15.0 Å². The highest BCUT2D eigenvalue weighted by Gasteiger charge is 2.30. The van der Waals surface area contributed by atoms with Crippen molar-refractivity contribution in [3.05, 3.63) is 59.1 Å². The Bertz CT molecular complexity index is 868. The molecule has 1 N–H and O–H groups in total. The van der Waals surface area contributed by atoms with Gasteiger partial charge in [0.15, 0.2) is 0 Å². The van der Waals surface area contributed by atoms with Crippen molar-refractivity contribution in [3.8, 4) is 0 Å². The van der Waals surface area contributed by atoms with Crippen LogP contribution in [0.2, 0.25) is 5.02 Å². The molecule has 2 aromatic rings. The van der Waals surface area contributed by atoms with Crippen LogP contribution in [0.15, 0.2) is 48.5 Å². The van der Waals surface area contributed by atoms with Crippen LogP contribution >= 0.6 is 11.6 Å². The van der Waals surface area contributed by atoms with E-state index in [0.717, 1.165) is 5.69 Å². The predicted molar refractivity (Wildman–Crippen MR) is 107 cm³/mol. The molecule has 0 aliphatic carbocycles. The van der Waals surface area contributed by atoms with E-state index in [4.69, 9.17) is 16.3 Å². The quantitative estimate of drug-likeness (QED) is 0.752. The standard InChI is InChI=1S/C20H20ClN3O4/c1-2-28-19(26)14-3-7-16(8-4-14)22-18(25)13-23-11-12-24(20(23)27)17-9-5-15(21)6-10-17/h3-10H,2,11-13H2,1H3,(H,22,25). The first-order chi connectivity index (χ1) is 13.5. The Kier molecular flexibility index (Phi) is 6.16. The van der Waals surface area contributed by atoms with Gasteiger partial charge in [0.1, 0.15) is 6.54 Å². The molecule has 0 spiro atoms. The highest BCUT2D eigenvalue weighted by atomic mass is 35.5. The van der Waals surface area contributed by atoms with Crippen molar-refractivity contribution in [1.29, 1.82) is 0 Å². The number of esters is 1. The maximum atomic E-state index is 12.5. The summed E-state index contributed by atoms with van der Waals surface area (Å²) < 4.78 is 4.92. The molecule has 3 amide bonds. The number of carbonyl (C=O) groups excluding carboxylic acids is 3. The van der Waals surface area contributed by atoms with Gasteiger partial charge in [0.05, 0.1) is 12.2 Å². The van der Waals surface area contributed by atoms with E-state index in [-0.39, 0.29) is 18.5 Å². The second-order valence-electron chi connectivity index (χ2n) is 6.18. The van der Waals surface area contributed by atoms with Gasteiger partial charge in [-0.15, -0.1) is 0 Å². The lowest BCUT2D eigenvalue weighted by Gasteiger charge is -2.18. The number of rotatable bonds is 6. The van der Waals surface area contributed by atoms with Gasteiger partial charge in [-0.1, -0.05) is 11.6 Å². The van der Waals surface area contributed by atoms with E-state index < -0.39 is 5.97 Å². The van der Waals surface area contributed by atoms with Crippen molar-refractivity contribution in [3.63, 3.8) is 0 Å². The molecule has 0 bridgehead atoms. The number of urea groups is 1. The Hall–Kier alpha value is -3.06. The maximum absolute atomic E-state index is 12.5. The number of nitrogens with one attached hydrogen (secondary N) is 1. The van der Waals surface area contributed by atoms with E-state index in [2.05, 4.69) is 5.32 Å². The van der Waals surface area contributed by atoms with Crippen molar-refractivity contribution in [2.24, 2.45) is 0 Å². The van der Waals surface area contributed by atoms with Gasteiger partial charge in [0.2, 0.25) is 5.91 Å². The third-order valence-electron chi connectivity index (χ3n) is 4.25. The molecule has 0 unspecified atom stereocenters. The van der Waals surface area contributed by atoms with Crippen LogP contribution in [0, 0.1) is 0 Å². The zero-order valence-corrected chi connectivity index (χ0v) is 16.1. The topological polar surface area (TPSA) is 79.0 Å². The molecule has 3 rings (SSSR count). The van der Waals surface area contributed by atoms with E-state index in [1.165, 1.54) is 4.90 Å². The van der Waals surface area contributed by atoms with Crippen molar-refractivity contribution in [2.75, 3.05) is 36.5 Å². The second kappa shape index (κ2) is 8.75. The number of halogens is 1. The molecule has 0 radical (unpaired) electrons. The first kappa shape index (κ1) is 19.7. The summed E-state index contributed by atoms with van der Waals surface area (Å²) in [6, 6.07) is 13.2. The highest BCUT2D eigenvalue weighted by Crippen LogP contribution is 2.22. The number of anilines is 2. The van der Waals surface area contributed by atoms with Crippen LogP contribution in [-0.2, 0) is 9.53 Å². The van der Waals surface area contributed by atoms with Crippen molar-refractivity contribution < 1.29 is 19.1 Å². The van der Waals surface area contributed by atoms with Crippen LogP contribution < -0.4 is 10.2 Å². The number of hydrogen-bond acceptors (Lipinski definition) is 4. The third kappa shape index (κ3) is 4.61. The molecule has 1 saturated heterocycles. The van der Waals surface area contributed by atoms with Crippen LogP contribution in [0.3, 0.4) is 0 Å². The molecular formula is C20H20ClN3O4. The Morgan fingerprint density at radius 1 is 1.07 bits per heavy atom.